The van der Waals surface area contributed by atoms with Crippen molar-refractivity contribution in [2.45, 2.75) is 38.9 Å². The Hall–Kier alpha value is -2.67. The maximum absolute atomic E-state index is 14.2. The monoisotopic (exact) mass is 417 g/mol. The molecule has 30 heavy (non-hydrogen) atoms. The lowest BCUT2D eigenvalue weighted by Crippen LogP contribution is -2.49. The van der Waals surface area contributed by atoms with Gasteiger partial charge >= 0.3 is 6.03 Å². The Morgan fingerprint density at radius 1 is 1.17 bits per heavy atom. The van der Waals surface area contributed by atoms with Crippen molar-refractivity contribution in [3.05, 3.63) is 65.2 Å². The number of urea groups is 1. The third kappa shape index (κ3) is 5.92. The predicted molar refractivity (Wildman–Crippen MR) is 112 cm³/mol. The van der Waals surface area contributed by atoms with Crippen molar-refractivity contribution in [3.63, 3.8) is 0 Å². The Bertz CT molecular complexity index is 837. The van der Waals surface area contributed by atoms with Crippen molar-refractivity contribution in [3.8, 4) is 5.75 Å². The molecule has 0 spiro atoms. The van der Waals surface area contributed by atoms with Gasteiger partial charge in [-0.3, -0.25) is 0 Å². The summed E-state index contributed by atoms with van der Waals surface area (Å²) in [6.07, 6.45) is 1.63. The van der Waals surface area contributed by atoms with E-state index in [0.717, 1.165) is 43.3 Å². The zero-order valence-corrected chi connectivity index (χ0v) is 17.5. The van der Waals surface area contributed by atoms with Gasteiger partial charge in [0, 0.05) is 24.2 Å². The Morgan fingerprint density at radius 2 is 1.87 bits per heavy atom. The number of halogens is 2. The Labute approximate surface area is 176 Å². The third-order valence-corrected chi connectivity index (χ3v) is 5.42. The Kier molecular flexibility index (Phi) is 7.63. The van der Waals surface area contributed by atoms with Gasteiger partial charge in [-0.2, -0.15) is 0 Å². The van der Waals surface area contributed by atoms with Gasteiger partial charge < -0.3 is 19.9 Å². The second kappa shape index (κ2) is 10.4. The quantitative estimate of drug-likeness (QED) is 0.736. The van der Waals surface area contributed by atoms with E-state index in [4.69, 9.17) is 4.74 Å². The van der Waals surface area contributed by atoms with Gasteiger partial charge in [-0.25, -0.2) is 13.6 Å². The number of nitrogens with one attached hydrogen (secondary N) is 1. The summed E-state index contributed by atoms with van der Waals surface area (Å²) < 4.78 is 33.0. The number of rotatable bonds is 7. The normalized spacial score (nSPS) is 15.1. The molecule has 1 N–H and O–H groups in total. The lowest BCUT2D eigenvalue weighted by Gasteiger charge is -2.37. The van der Waals surface area contributed by atoms with Crippen LogP contribution in [0.15, 0.2) is 42.5 Å². The van der Waals surface area contributed by atoms with Crippen LogP contribution in [0.25, 0.3) is 0 Å². The van der Waals surface area contributed by atoms with Crippen molar-refractivity contribution < 1.29 is 18.3 Å². The molecule has 7 heteroatoms. The topological polar surface area (TPSA) is 44.8 Å². The van der Waals surface area contributed by atoms with E-state index in [0.29, 0.717) is 18.7 Å². The summed E-state index contributed by atoms with van der Waals surface area (Å²) in [5.41, 5.74) is 1.26. The van der Waals surface area contributed by atoms with Crippen LogP contribution < -0.4 is 10.1 Å². The maximum Gasteiger partial charge on any atom is 0.318 e. The Balaban J connectivity index is 1.69. The van der Waals surface area contributed by atoms with Crippen LogP contribution in [0, 0.1) is 11.6 Å². The van der Waals surface area contributed by atoms with Crippen molar-refractivity contribution in [1.82, 2.24) is 15.1 Å². The van der Waals surface area contributed by atoms with Crippen LogP contribution in [0.5, 0.6) is 5.75 Å². The average Bonchev–Trinajstić information content (AvgIpc) is 2.73. The first kappa shape index (κ1) is 22.0. The molecule has 0 radical (unpaired) electrons. The molecule has 0 aromatic heterocycles. The van der Waals surface area contributed by atoms with Crippen LogP contribution in [0.2, 0.25) is 0 Å². The summed E-state index contributed by atoms with van der Waals surface area (Å²) in [4.78, 5) is 16.9. The molecule has 0 bridgehead atoms. The molecule has 1 heterocycles. The Morgan fingerprint density at radius 3 is 2.50 bits per heavy atom. The predicted octanol–water partition coefficient (Wildman–Crippen LogP) is 4.17. The van der Waals surface area contributed by atoms with E-state index >= 15 is 0 Å². The highest BCUT2D eigenvalue weighted by Crippen LogP contribution is 2.21. The minimum atomic E-state index is -0.632. The molecular weight excluding hydrogens is 388 g/mol. The van der Waals surface area contributed by atoms with Gasteiger partial charge in [0.05, 0.1) is 13.2 Å². The van der Waals surface area contributed by atoms with Crippen LogP contribution in [0.1, 0.15) is 30.9 Å². The van der Waals surface area contributed by atoms with Crippen molar-refractivity contribution in [2.24, 2.45) is 0 Å². The number of carbonyl (C=O) groups excluding carboxylic acids is 1. The number of likely N-dealkylation sites (tertiary alicyclic amines) is 1. The highest BCUT2D eigenvalue weighted by molar-refractivity contribution is 5.74. The maximum atomic E-state index is 14.2. The lowest BCUT2D eigenvalue weighted by molar-refractivity contribution is 0.126. The molecule has 1 saturated heterocycles. The van der Waals surface area contributed by atoms with E-state index in [-0.39, 0.29) is 18.6 Å². The van der Waals surface area contributed by atoms with Gasteiger partial charge in [0.2, 0.25) is 0 Å². The first-order valence-electron chi connectivity index (χ1n) is 10.3. The minimum absolute atomic E-state index is 0.00554. The van der Waals surface area contributed by atoms with Gasteiger partial charge in [0.1, 0.15) is 17.4 Å². The molecule has 1 aliphatic rings. The van der Waals surface area contributed by atoms with E-state index in [1.165, 1.54) is 12.1 Å². The fraction of sp³-hybridized carbons (Fsp3) is 0.435. The SMILES string of the molecule is CCOc1ccc(CNC(=O)N(Cc2ccc(F)cc2F)C2CCN(C)CC2)cc1. The highest BCUT2D eigenvalue weighted by Gasteiger charge is 2.27. The summed E-state index contributed by atoms with van der Waals surface area (Å²) in [5, 5.41) is 2.95. The zero-order valence-electron chi connectivity index (χ0n) is 17.5. The number of nitrogens with zero attached hydrogens (tertiary/aromatic N) is 2. The van der Waals surface area contributed by atoms with E-state index < -0.39 is 11.6 Å². The largest absolute Gasteiger partial charge is 0.494 e. The average molecular weight is 418 g/mol. The molecule has 1 aliphatic heterocycles. The van der Waals surface area contributed by atoms with Crippen LogP contribution in [0.3, 0.4) is 0 Å². The fourth-order valence-corrected chi connectivity index (χ4v) is 3.66. The minimum Gasteiger partial charge on any atom is -0.494 e. The van der Waals surface area contributed by atoms with E-state index in [2.05, 4.69) is 10.2 Å². The van der Waals surface area contributed by atoms with Gasteiger partial charge in [-0.15, -0.1) is 0 Å². The third-order valence-electron chi connectivity index (χ3n) is 5.42. The van der Waals surface area contributed by atoms with Gasteiger partial charge in [-0.05, 0) is 63.7 Å². The van der Waals surface area contributed by atoms with Crippen LogP contribution in [0.4, 0.5) is 13.6 Å². The highest BCUT2D eigenvalue weighted by atomic mass is 19.1. The molecule has 0 atom stereocenters. The molecule has 0 unspecified atom stereocenters. The molecule has 2 aromatic rings. The number of amides is 2. The van der Waals surface area contributed by atoms with E-state index in [1.54, 1.807) is 4.90 Å². The fourth-order valence-electron chi connectivity index (χ4n) is 3.66. The summed E-state index contributed by atoms with van der Waals surface area (Å²) in [6, 6.07) is 10.8. The molecule has 5 nitrogen and oxygen atoms in total. The second-order valence-electron chi connectivity index (χ2n) is 7.63. The zero-order chi connectivity index (χ0) is 21.5. The molecule has 2 amide bonds. The first-order valence-corrected chi connectivity index (χ1v) is 10.3. The van der Waals surface area contributed by atoms with E-state index in [9.17, 15) is 13.6 Å². The number of hydrogen-bond donors (Lipinski definition) is 1. The molecule has 162 valence electrons. The van der Waals surface area contributed by atoms with E-state index in [1.807, 2.05) is 38.2 Å². The molecule has 2 aromatic carbocycles. The summed E-state index contributed by atoms with van der Waals surface area (Å²) in [6.45, 7) is 4.74. The second-order valence-corrected chi connectivity index (χ2v) is 7.63. The number of piperidine rings is 1. The smallest absolute Gasteiger partial charge is 0.318 e. The number of hydrogen-bond acceptors (Lipinski definition) is 3. The van der Waals surface area contributed by atoms with Crippen molar-refractivity contribution in [1.29, 1.82) is 0 Å². The summed E-state index contributed by atoms with van der Waals surface area (Å²) in [5.74, 6) is -0.471. The van der Waals surface area contributed by atoms with Crippen molar-refractivity contribution in [2.75, 3.05) is 26.7 Å². The molecule has 0 aliphatic carbocycles. The molecular formula is C23H29F2N3O2. The number of benzene rings is 2. The van der Waals surface area contributed by atoms with Gasteiger partial charge in [-0.1, -0.05) is 18.2 Å². The van der Waals surface area contributed by atoms with Gasteiger partial charge in [0.15, 0.2) is 0 Å². The van der Waals surface area contributed by atoms with Crippen LogP contribution >= 0.6 is 0 Å². The number of carbonyl (C=O) groups is 1. The molecule has 1 fully saturated rings. The first-order chi connectivity index (χ1) is 14.5. The van der Waals surface area contributed by atoms with Gasteiger partial charge in [0.25, 0.3) is 0 Å². The molecule has 0 saturated carbocycles. The summed E-state index contributed by atoms with van der Waals surface area (Å²) >= 11 is 0. The lowest BCUT2D eigenvalue weighted by atomic mass is 10.0. The van der Waals surface area contributed by atoms with Crippen molar-refractivity contribution >= 4 is 6.03 Å². The van der Waals surface area contributed by atoms with Crippen LogP contribution in [-0.2, 0) is 13.1 Å². The standard InChI is InChI=1S/C23H29F2N3O2/c1-3-30-21-8-4-17(5-9-21)15-26-23(29)28(20-10-12-27(2)13-11-20)16-18-6-7-19(24)14-22(18)25/h4-9,14,20H,3,10-13,15-16H2,1-2H3,(H,26,29). The van der Waals surface area contributed by atoms with Crippen LogP contribution in [-0.4, -0.2) is 48.6 Å². The number of ether oxygens (including phenoxy) is 1. The molecule has 3 rings (SSSR count). The summed E-state index contributed by atoms with van der Waals surface area (Å²) in [7, 11) is 2.05.